The Hall–Kier alpha value is -3.17. The maximum atomic E-state index is 13.0. The van der Waals surface area contributed by atoms with Gasteiger partial charge in [0.25, 0.3) is 21.5 Å². The summed E-state index contributed by atoms with van der Waals surface area (Å²) in [5, 5.41) is 2.65. The van der Waals surface area contributed by atoms with E-state index in [1.807, 2.05) is 0 Å². The van der Waals surface area contributed by atoms with Crippen LogP contribution in [0.15, 0.2) is 70.5 Å². The second-order valence-corrected chi connectivity index (χ2v) is 8.34. The lowest BCUT2D eigenvalue weighted by Gasteiger charge is -2.12. The smallest absolute Gasteiger partial charge is 0.261 e. The van der Waals surface area contributed by atoms with Crippen molar-refractivity contribution < 1.29 is 17.6 Å². The third kappa shape index (κ3) is 4.87. The fraction of sp³-hybridized carbons (Fsp3) is 0.100. The number of hydrogen-bond acceptors (Lipinski definition) is 4. The normalized spacial score (nSPS) is 11.2. The number of carbonyl (C=O) groups is 1. The SMILES string of the molecule is CCn1cc(NC(=O)c2cc(S(=O)(=O)Nc3ccc(F)cc3)ccc2Cl)ccc1=O. The van der Waals surface area contributed by atoms with Crippen molar-refractivity contribution in [2.24, 2.45) is 0 Å². The molecule has 0 saturated carbocycles. The topological polar surface area (TPSA) is 97.3 Å². The summed E-state index contributed by atoms with van der Waals surface area (Å²) in [6, 6.07) is 11.2. The fourth-order valence-corrected chi connectivity index (χ4v) is 3.92. The van der Waals surface area contributed by atoms with Crippen LogP contribution in [0.2, 0.25) is 5.02 Å². The number of sulfonamides is 1. The number of rotatable bonds is 6. The molecule has 1 amide bonds. The van der Waals surface area contributed by atoms with Gasteiger partial charge in [0.05, 0.1) is 21.2 Å². The maximum Gasteiger partial charge on any atom is 0.261 e. The summed E-state index contributed by atoms with van der Waals surface area (Å²) in [6.07, 6.45) is 1.48. The van der Waals surface area contributed by atoms with Gasteiger partial charge in [0.1, 0.15) is 5.82 Å². The van der Waals surface area contributed by atoms with Crippen molar-refractivity contribution >= 4 is 38.9 Å². The number of benzene rings is 2. The first-order chi connectivity index (χ1) is 14.2. The van der Waals surface area contributed by atoms with Crippen LogP contribution in [0.3, 0.4) is 0 Å². The number of hydrogen-bond donors (Lipinski definition) is 2. The van der Waals surface area contributed by atoms with E-state index >= 15 is 0 Å². The van der Waals surface area contributed by atoms with Gasteiger partial charge in [-0.05, 0) is 55.5 Å². The summed E-state index contributed by atoms with van der Waals surface area (Å²) < 4.78 is 42.0. The number of carbonyl (C=O) groups excluding carboxylic acids is 1. The summed E-state index contributed by atoms with van der Waals surface area (Å²) in [5.74, 6) is -1.14. The summed E-state index contributed by atoms with van der Waals surface area (Å²) in [4.78, 5) is 24.1. The second kappa shape index (κ2) is 8.68. The van der Waals surface area contributed by atoms with Gasteiger partial charge in [0, 0.05) is 24.5 Å². The van der Waals surface area contributed by atoms with E-state index in [0.717, 1.165) is 18.2 Å². The molecule has 0 spiro atoms. The molecule has 156 valence electrons. The molecule has 0 radical (unpaired) electrons. The number of halogens is 2. The predicted molar refractivity (Wildman–Crippen MR) is 113 cm³/mol. The van der Waals surface area contributed by atoms with Gasteiger partial charge in [-0.3, -0.25) is 14.3 Å². The first-order valence-electron chi connectivity index (χ1n) is 8.79. The summed E-state index contributed by atoms with van der Waals surface area (Å²) in [6.45, 7) is 2.21. The minimum absolute atomic E-state index is 0.0528. The van der Waals surface area contributed by atoms with Crippen LogP contribution in [0.25, 0.3) is 0 Å². The van der Waals surface area contributed by atoms with Gasteiger partial charge in [-0.1, -0.05) is 11.6 Å². The van der Waals surface area contributed by atoms with Crippen LogP contribution in [0, 0.1) is 5.82 Å². The minimum atomic E-state index is -4.04. The van der Waals surface area contributed by atoms with Gasteiger partial charge in [0.2, 0.25) is 0 Å². The van der Waals surface area contributed by atoms with Crippen molar-refractivity contribution in [1.29, 1.82) is 0 Å². The lowest BCUT2D eigenvalue weighted by Crippen LogP contribution is -2.20. The summed E-state index contributed by atoms with van der Waals surface area (Å²) in [7, 11) is -4.04. The van der Waals surface area contributed by atoms with Gasteiger partial charge < -0.3 is 9.88 Å². The summed E-state index contributed by atoms with van der Waals surface area (Å²) >= 11 is 6.10. The molecule has 2 N–H and O–H groups in total. The number of anilines is 2. The Morgan fingerprint density at radius 1 is 1.07 bits per heavy atom. The third-order valence-corrected chi connectivity index (χ3v) is 5.88. The van der Waals surface area contributed by atoms with E-state index in [1.165, 1.54) is 47.2 Å². The van der Waals surface area contributed by atoms with E-state index in [9.17, 15) is 22.4 Å². The molecular weight excluding hydrogens is 433 g/mol. The number of nitrogens with one attached hydrogen (secondary N) is 2. The highest BCUT2D eigenvalue weighted by atomic mass is 35.5. The van der Waals surface area contributed by atoms with Crippen LogP contribution in [-0.2, 0) is 16.6 Å². The molecule has 1 heterocycles. The number of nitrogens with zero attached hydrogens (tertiary/aromatic N) is 1. The lowest BCUT2D eigenvalue weighted by atomic mass is 10.2. The molecule has 0 aliphatic carbocycles. The molecule has 1 aromatic heterocycles. The number of amides is 1. The Balaban J connectivity index is 1.88. The van der Waals surface area contributed by atoms with Crippen molar-refractivity contribution in [1.82, 2.24) is 4.57 Å². The molecule has 3 aromatic rings. The van der Waals surface area contributed by atoms with Crippen molar-refractivity contribution in [3.05, 3.63) is 87.6 Å². The number of pyridine rings is 1. The quantitative estimate of drug-likeness (QED) is 0.599. The van der Waals surface area contributed by atoms with Crippen molar-refractivity contribution in [3.63, 3.8) is 0 Å². The van der Waals surface area contributed by atoms with Crippen molar-refractivity contribution in [3.8, 4) is 0 Å². The molecule has 0 aliphatic rings. The average molecular weight is 450 g/mol. The van der Waals surface area contributed by atoms with Gasteiger partial charge in [0.15, 0.2) is 0 Å². The Morgan fingerprint density at radius 2 is 1.73 bits per heavy atom. The summed E-state index contributed by atoms with van der Waals surface area (Å²) in [5.41, 5.74) is 0.246. The number of aromatic nitrogens is 1. The highest BCUT2D eigenvalue weighted by Crippen LogP contribution is 2.23. The molecule has 0 fully saturated rings. The first kappa shape index (κ1) is 21.5. The largest absolute Gasteiger partial charge is 0.321 e. The standard InChI is InChI=1S/C20H17ClFN3O4S/c1-2-25-12-15(7-10-19(25)26)23-20(27)17-11-16(8-9-18(17)21)30(28,29)24-14-5-3-13(22)4-6-14/h3-12,24H,2H2,1H3,(H,23,27). The van der Waals surface area contributed by atoms with Crippen molar-refractivity contribution in [2.45, 2.75) is 18.4 Å². The zero-order valence-corrected chi connectivity index (χ0v) is 17.3. The van der Waals surface area contributed by atoms with Gasteiger partial charge in [-0.2, -0.15) is 0 Å². The van der Waals surface area contributed by atoms with Crippen LogP contribution in [-0.4, -0.2) is 18.9 Å². The monoisotopic (exact) mass is 449 g/mol. The Labute approximate surface area is 177 Å². The molecule has 10 heteroatoms. The van der Waals surface area contributed by atoms with Crippen LogP contribution < -0.4 is 15.6 Å². The van der Waals surface area contributed by atoms with E-state index in [2.05, 4.69) is 10.0 Å². The fourth-order valence-electron chi connectivity index (χ4n) is 2.63. The van der Waals surface area contributed by atoms with Crippen LogP contribution in [0.1, 0.15) is 17.3 Å². The van der Waals surface area contributed by atoms with E-state index in [-0.39, 0.29) is 26.7 Å². The molecule has 0 atom stereocenters. The number of aryl methyl sites for hydroxylation is 1. The average Bonchev–Trinajstić information content (AvgIpc) is 2.71. The zero-order chi connectivity index (χ0) is 21.9. The lowest BCUT2D eigenvalue weighted by molar-refractivity contribution is 0.102. The van der Waals surface area contributed by atoms with E-state index in [0.29, 0.717) is 12.2 Å². The minimum Gasteiger partial charge on any atom is -0.321 e. The molecule has 7 nitrogen and oxygen atoms in total. The highest BCUT2D eigenvalue weighted by Gasteiger charge is 2.19. The van der Waals surface area contributed by atoms with Gasteiger partial charge in [-0.25, -0.2) is 12.8 Å². The second-order valence-electron chi connectivity index (χ2n) is 6.25. The molecule has 3 rings (SSSR count). The Kier molecular flexibility index (Phi) is 6.23. The Morgan fingerprint density at radius 3 is 2.40 bits per heavy atom. The first-order valence-corrected chi connectivity index (χ1v) is 10.7. The molecule has 0 unspecified atom stereocenters. The predicted octanol–water partition coefficient (Wildman–Crippen LogP) is 3.71. The van der Waals surface area contributed by atoms with E-state index in [4.69, 9.17) is 11.6 Å². The molecule has 0 bridgehead atoms. The van der Waals surface area contributed by atoms with E-state index in [1.54, 1.807) is 6.92 Å². The third-order valence-electron chi connectivity index (χ3n) is 4.17. The molecule has 30 heavy (non-hydrogen) atoms. The van der Waals surface area contributed by atoms with Gasteiger partial charge in [-0.15, -0.1) is 0 Å². The van der Waals surface area contributed by atoms with Crippen molar-refractivity contribution in [2.75, 3.05) is 10.0 Å². The van der Waals surface area contributed by atoms with Crippen LogP contribution in [0.5, 0.6) is 0 Å². The van der Waals surface area contributed by atoms with Gasteiger partial charge >= 0.3 is 0 Å². The zero-order valence-electron chi connectivity index (χ0n) is 15.7. The Bertz CT molecular complexity index is 1260. The maximum absolute atomic E-state index is 13.0. The molecule has 0 saturated heterocycles. The highest BCUT2D eigenvalue weighted by molar-refractivity contribution is 7.92. The van der Waals surface area contributed by atoms with Crippen LogP contribution >= 0.6 is 11.6 Å². The molecule has 2 aromatic carbocycles. The molecular formula is C20H17ClFN3O4S. The molecule has 0 aliphatic heterocycles. The van der Waals surface area contributed by atoms with E-state index < -0.39 is 21.7 Å². The van der Waals surface area contributed by atoms with Crippen LogP contribution in [0.4, 0.5) is 15.8 Å².